The maximum Gasteiger partial charge on any atom is 0.0690 e. The first-order valence-corrected chi connectivity index (χ1v) is 8.15. The third-order valence-corrected chi connectivity index (χ3v) is 6.22. The van der Waals surface area contributed by atoms with Crippen molar-refractivity contribution < 1.29 is 9.47 Å². The molecule has 2 heterocycles. The predicted octanol–water partition coefficient (Wildman–Crippen LogP) is 1.63. The summed E-state index contributed by atoms with van der Waals surface area (Å²) in [7, 11) is 2.23. The molecule has 2 aliphatic heterocycles. The summed E-state index contributed by atoms with van der Waals surface area (Å²) in [6.07, 6.45) is 5.03. The molecule has 1 aliphatic carbocycles. The van der Waals surface area contributed by atoms with Gasteiger partial charge in [-0.15, -0.1) is 0 Å². The Morgan fingerprint density at radius 1 is 1.15 bits per heavy atom. The van der Waals surface area contributed by atoms with Gasteiger partial charge in [0.15, 0.2) is 0 Å². The standard InChI is InChI=1S/C16H30N2O2/c1-15(2)14-13(5-4-8-20-14)16(15,17)11-18(3)12-6-9-19-10-7-12/h12-14H,4-11,17H2,1-3H3. The molecule has 0 spiro atoms. The SMILES string of the molecule is CN(CC1(N)C2CCCOC2C1(C)C)C1CCOCC1. The van der Waals surface area contributed by atoms with E-state index in [4.69, 9.17) is 15.2 Å². The van der Waals surface area contributed by atoms with Crippen molar-refractivity contribution >= 4 is 0 Å². The van der Waals surface area contributed by atoms with Gasteiger partial charge in [-0.1, -0.05) is 13.8 Å². The fraction of sp³-hybridized carbons (Fsp3) is 1.00. The number of nitrogens with two attached hydrogens (primary N) is 1. The van der Waals surface area contributed by atoms with Crippen molar-refractivity contribution in [1.82, 2.24) is 4.90 Å². The minimum Gasteiger partial charge on any atom is -0.381 e. The van der Waals surface area contributed by atoms with Gasteiger partial charge >= 0.3 is 0 Å². The second kappa shape index (κ2) is 5.24. The molecule has 0 aromatic carbocycles. The van der Waals surface area contributed by atoms with E-state index in [0.29, 0.717) is 18.1 Å². The van der Waals surface area contributed by atoms with Crippen LogP contribution in [0, 0.1) is 11.3 Å². The molecule has 3 aliphatic rings. The van der Waals surface area contributed by atoms with E-state index in [1.807, 2.05) is 0 Å². The number of fused-ring (bicyclic) bond motifs is 1. The molecule has 0 amide bonds. The van der Waals surface area contributed by atoms with Crippen LogP contribution in [-0.2, 0) is 9.47 Å². The zero-order chi connectivity index (χ0) is 14.4. The smallest absolute Gasteiger partial charge is 0.0690 e. The highest BCUT2D eigenvalue weighted by molar-refractivity contribution is 5.20. The summed E-state index contributed by atoms with van der Waals surface area (Å²) in [6.45, 7) is 8.26. The highest BCUT2D eigenvalue weighted by Gasteiger charge is 2.66. The highest BCUT2D eigenvalue weighted by atomic mass is 16.5. The molecular weight excluding hydrogens is 252 g/mol. The first-order valence-electron chi connectivity index (χ1n) is 8.15. The van der Waals surface area contributed by atoms with E-state index < -0.39 is 0 Å². The molecule has 4 nitrogen and oxygen atoms in total. The fourth-order valence-corrected chi connectivity index (χ4v) is 4.66. The number of hydrogen-bond donors (Lipinski definition) is 1. The summed E-state index contributed by atoms with van der Waals surface area (Å²) < 4.78 is 11.5. The van der Waals surface area contributed by atoms with Crippen LogP contribution in [0.15, 0.2) is 0 Å². The molecule has 0 radical (unpaired) electrons. The molecule has 1 saturated carbocycles. The molecule has 3 fully saturated rings. The monoisotopic (exact) mass is 282 g/mol. The van der Waals surface area contributed by atoms with Crippen LogP contribution < -0.4 is 5.73 Å². The molecular formula is C16H30N2O2. The summed E-state index contributed by atoms with van der Waals surface area (Å²) in [5.74, 6) is 0.536. The van der Waals surface area contributed by atoms with Gasteiger partial charge in [0.05, 0.1) is 6.10 Å². The lowest BCUT2D eigenvalue weighted by Gasteiger charge is -2.67. The molecule has 2 saturated heterocycles. The van der Waals surface area contributed by atoms with Crippen molar-refractivity contribution in [2.75, 3.05) is 33.4 Å². The molecule has 3 unspecified atom stereocenters. The van der Waals surface area contributed by atoms with Gasteiger partial charge in [0, 0.05) is 49.3 Å². The van der Waals surface area contributed by atoms with Crippen LogP contribution in [0.4, 0.5) is 0 Å². The average molecular weight is 282 g/mol. The van der Waals surface area contributed by atoms with Crippen molar-refractivity contribution in [3.05, 3.63) is 0 Å². The summed E-state index contributed by atoms with van der Waals surface area (Å²) in [5, 5.41) is 0. The Morgan fingerprint density at radius 3 is 2.55 bits per heavy atom. The lowest BCUT2D eigenvalue weighted by atomic mass is 9.46. The lowest BCUT2D eigenvalue weighted by Crippen LogP contribution is -2.80. The van der Waals surface area contributed by atoms with Gasteiger partial charge < -0.3 is 20.1 Å². The first kappa shape index (κ1) is 14.8. The molecule has 3 rings (SSSR count). The van der Waals surface area contributed by atoms with Crippen LogP contribution in [0.3, 0.4) is 0 Å². The molecule has 4 heteroatoms. The van der Waals surface area contributed by atoms with Crippen LogP contribution in [0.25, 0.3) is 0 Å². The van der Waals surface area contributed by atoms with Gasteiger partial charge in [-0.25, -0.2) is 0 Å². The third kappa shape index (κ3) is 2.12. The fourth-order valence-electron chi connectivity index (χ4n) is 4.66. The Morgan fingerprint density at radius 2 is 1.85 bits per heavy atom. The van der Waals surface area contributed by atoms with Crippen molar-refractivity contribution in [2.45, 2.75) is 57.2 Å². The average Bonchev–Trinajstić information content (AvgIpc) is 2.48. The van der Waals surface area contributed by atoms with Crippen LogP contribution >= 0.6 is 0 Å². The largest absolute Gasteiger partial charge is 0.381 e. The maximum absolute atomic E-state index is 6.89. The van der Waals surface area contributed by atoms with Gasteiger partial charge in [-0.2, -0.15) is 0 Å². The Balaban J connectivity index is 1.68. The molecule has 3 atom stereocenters. The Kier molecular flexibility index (Phi) is 3.87. The summed E-state index contributed by atoms with van der Waals surface area (Å²) in [4.78, 5) is 2.48. The molecule has 116 valence electrons. The molecule has 0 bridgehead atoms. The number of likely N-dealkylation sites (N-methyl/N-ethyl adjacent to an activating group) is 1. The van der Waals surface area contributed by atoms with Gasteiger partial charge in [-0.05, 0) is 32.7 Å². The van der Waals surface area contributed by atoms with E-state index in [0.717, 1.165) is 45.6 Å². The van der Waals surface area contributed by atoms with E-state index in [9.17, 15) is 0 Å². The number of hydrogen-bond acceptors (Lipinski definition) is 4. The van der Waals surface area contributed by atoms with E-state index in [1.165, 1.54) is 6.42 Å². The van der Waals surface area contributed by atoms with Crippen LogP contribution in [0.1, 0.15) is 39.5 Å². The van der Waals surface area contributed by atoms with Crippen molar-refractivity contribution in [3.63, 3.8) is 0 Å². The normalized spacial score (nSPS) is 41.2. The van der Waals surface area contributed by atoms with Crippen molar-refractivity contribution in [2.24, 2.45) is 17.1 Å². The molecule has 0 aromatic heterocycles. The van der Waals surface area contributed by atoms with E-state index >= 15 is 0 Å². The summed E-state index contributed by atoms with van der Waals surface area (Å²) >= 11 is 0. The maximum atomic E-state index is 6.89. The molecule has 0 aromatic rings. The zero-order valence-corrected chi connectivity index (χ0v) is 13.2. The second-order valence-corrected chi connectivity index (χ2v) is 7.56. The van der Waals surface area contributed by atoms with Crippen molar-refractivity contribution in [1.29, 1.82) is 0 Å². The van der Waals surface area contributed by atoms with E-state index in [2.05, 4.69) is 25.8 Å². The highest BCUT2D eigenvalue weighted by Crippen LogP contribution is 2.57. The minimum absolute atomic E-state index is 0.0809. The minimum atomic E-state index is -0.106. The lowest BCUT2D eigenvalue weighted by molar-refractivity contribution is -0.233. The Hall–Kier alpha value is -0.160. The Bertz CT molecular complexity index is 354. The molecule has 2 N–H and O–H groups in total. The quantitative estimate of drug-likeness (QED) is 0.855. The van der Waals surface area contributed by atoms with Gasteiger partial charge in [-0.3, -0.25) is 0 Å². The van der Waals surface area contributed by atoms with Crippen LogP contribution in [0.5, 0.6) is 0 Å². The van der Waals surface area contributed by atoms with Crippen molar-refractivity contribution in [3.8, 4) is 0 Å². The predicted molar refractivity (Wildman–Crippen MR) is 79.6 cm³/mol. The van der Waals surface area contributed by atoms with Gasteiger partial charge in [0.2, 0.25) is 0 Å². The summed E-state index contributed by atoms with van der Waals surface area (Å²) in [6, 6.07) is 0.628. The topological polar surface area (TPSA) is 47.7 Å². The third-order valence-electron chi connectivity index (χ3n) is 6.22. The van der Waals surface area contributed by atoms with E-state index in [1.54, 1.807) is 0 Å². The van der Waals surface area contributed by atoms with Gasteiger partial charge in [0.1, 0.15) is 0 Å². The zero-order valence-electron chi connectivity index (χ0n) is 13.2. The number of ether oxygens (including phenoxy) is 2. The number of nitrogens with zero attached hydrogens (tertiary/aromatic N) is 1. The number of rotatable bonds is 3. The van der Waals surface area contributed by atoms with E-state index in [-0.39, 0.29) is 11.0 Å². The van der Waals surface area contributed by atoms with Gasteiger partial charge in [0.25, 0.3) is 0 Å². The molecule has 20 heavy (non-hydrogen) atoms. The second-order valence-electron chi connectivity index (χ2n) is 7.56. The Labute approximate surface area is 123 Å². The van der Waals surface area contributed by atoms with Crippen LogP contribution in [-0.4, -0.2) is 56.0 Å². The first-order chi connectivity index (χ1) is 9.47. The summed E-state index contributed by atoms with van der Waals surface area (Å²) in [5.41, 5.74) is 6.86. The van der Waals surface area contributed by atoms with Crippen LogP contribution in [0.2, 0.25) is 0 Å².